The third-order valence-corrected chi connectivity index (χ3v) is 3.76. The van der Waals surface area contributed by atoms with Gasteiger partial charge in [0.2, 0.25) is 0 Å². The molecule has 20 heavy (non-hydrogen) atoms. The number of nitrogens with zero attached hydrogens (tertiary/aromatic N) is 3. The first kappa shape index (κ1) is 18.1. The molecule has 0 saturated heterocycles. The summed E-state index contributed by atoms with van der Waals surface area (Å²) in [6.45, 7) is 0. The normalized spacial score (nSPS) is 15.2. The van der Waals surface area contributed by atoms with Crippen molar-refractivity contribution >= 4 is 68.1 Å². The topological polar surface area (TPSA) is 67.9 Å². The Balaban J connectivity index is 2.64. The molecule has 0 radical (unpaired) electrons. The van der Waals surface area contributed by atoms with Crippen molar-refractivity contribution in [1.82, 2.24) is 0 Å². The summed E-state index contributed by atoms with van der Waals surface area (Å²) in [5.74, 6) is 0. The van der Waals surface area contributed by atoms with Gasteiger partial charge in [0.15, 0.2) is 33.7 Å². The molecule has 2 unspecified atom stereocenters. The Morgan fingerprint density at radius 1 is 1.20 bits per heavy atom. The van der Waals surface area contributed by atoms with Crippen LogP contribution in [0.4, 0.5) is 5.69 Å². The van der Waals surface area contributed by atoms with Gasteiger partial charge in [-0.3, -0.25) is 10.1 Å². The molecule has 0 saturated carbocycles. The SMILES string of the molecule is O=[N+]([O-])c1ccc(C(Cl)CC(Cl)N=N[P+](Cl)(Cl)Cl)cc1. The van der Waals surface area contributed by atoms with Crippen molar-refractivity contribution in [2.45, 2.75) is 17.3 Å². The minimum atomic E-state index is -2.93. The molecule has 0 N–H and O–H groups in total. The van der Waals surface area contributed by atoms with E-state index in [1.807, 2.05) is 0 Å². The number of nitro benzene ring substituents is 1. The molecule has 0 amide bonds. The first-order chi connectivity index (χ1) is 9.19. The van der Waals surface area contributed by atoms with E-state index in [0.717, 1.165) is 0 Å². The second-order valence-electron chi connectivity index (χ2n) is 3.61. The molecule has 0 aliphatic heterocycles. The van der Waals surface area contributed by atoms with E-state index in [1.54, 1.807) is 12.1 Å². The van der Waals surface area contributed by atoms with Gasteiger partial charge in [-0.1, -0.05) is 23.7 Å². The highest BCUT2D eigenvalue weighted by molar-refractivity contribution is 8.31. The summed E-state index contributed by atoms with van der Waals surface area (Å²) in [7, 11) is 0. The molecule has 0 bridgehead atoms. The molecule has 1 rings (SSSR count). The van der Waals surface area contributed by atoms with Crippen LogP contribution in [0, 0.1) is 10.1 Å². The average Bonchev–Trinajstić information content (AvgIpc) is 2.35. The second kappa shape index (κ2) is 7.92. The zero-order valence-corrected chi connectivity index (χ0v) is 14.3. The fourth-order valence-electron chi connectivity index (χ4n) is 1.27. The monoisotopic (exact) mass is 396 g/mol. The van der Waals surface area contributed by atoms with Crippen molar-refractivity contribution in [2.75, 3.05) is 0 Å². The van der Waals surface area contributed by atoms with Gasteiger partial charge in [0.25, 0.3) is 5.69 Å². The van der Waals surface area contributed by atoms with Crippen LogP contribution in [0.25, 0.3) is 0 Å². The van der Waals surface area contributed by atoms with Crippen molar-refractivity contribution in [3.8, 4) is 0 Å². The molecule has 0 spiro atoms. The number of non-ortho nitro benzene ring substituents is 1. The van der Waals surface area contributed by atoms with Crippen LogP contribution in [0.1, 0.15) is 17.4 Å². The van der Waals surface area contributed by atoms with Crippen LogP contribution in [0.15, 0.2) is 34.3 Å². The van der Waals surface area contributed by atoms with E-state index in [0.29, 0.717) is 5.56 Å². The lowest BCUT2D eigenvalue weighted by atomic mass is 10.1. The van der Waals surface area contributed by atoms with Crippen LogP contribution in [0.3, 0.4) is 0 Å². The first-order valence-electron chi connectivity index (χ1n) is 5.12. The number of halogens is 5. The van der Waals surface area contributed by atoms with Crippen molar-refractivity contribution in [1.29, 1.82) is 0 Å². The molecule has 0 aliphatic rings. The molecule has 0 aromatic heterocycles. The molecule has 1 aromatic carbocycles. The Hall–Kier alpha value is 0.1000. The summed E-state index contributed by atoms with van der Waals surface area (Å²) < 4.78 is 0. The van der Waals surface area contributed by atoms with Gasteiger partial charge in [-0.15, -0.1) is 16.7 Å². The number of hydrogen-bond acceptors (Lipinski definition) is 4. The number of rotatable bonds is 6. The van der Waals surface area contributed by atoms with Crippen LogP contribution in [0.5, 0.6) is 0 Å². The molecule has 2 atom stereocenters. The minimum Gasteiger partial charge on any atom is -0.258 e. The Labute approximate surface area is 140 Å². The third kappa shape index (κ3) is 6.70. The largest absolute Gasteiger partial charge is 0.444 e. The van der Waals surface area contributed by atoms with E-state index in [9.17, 15) is 10.1 Å². The molecular formula is C9H8Cl5N3O2P+. The lowest BCUT2D eigenvalue weighted by molar-refractivity contribution is -0.384. The average molecular weight is 398 g/mol. The van der Waals surface area contributed by atoms with E-state index >= 15 is 0 Å². The summed E-state index contributed by atoms with van der Waals surface area (Å²) >= 11 is 28.6. The van der Waals surface area contributed by atoms with Crippen molar-refractivity contribution in [2.24, 2.45) is 10.00 Å². The second-order valence-corrected chi connectivity index (χ2v) is 11.6. The molecule has 11 heteroatoms. The fraction of sp³-hybridized carbons (Fsp3) is 0.333. The fourth-order valence-corrected chi connectivity index (χ4v) is 2.55. The molecule has 1 aromatic rings. The van der Waals surface area contributed by atoms with Crippen LogP contribution >= 0.6 is 62.4 Å². The van der Waals surface area contributed by atoms with Crippen LogP contribution in [-0.4, -0.2) is 10.4 Å². The highest BCUT2D eigenvalue weighted by Crippen LogP contribution is 2.75. The molecule has 110 valence electrons. The zero-order valence-electron chi connectivity index (χ0n) is 9.67. The van der Waals surface area contributed by atoms with Gasteiger partial charge in [0.1, 0.15) is 5.50 Å². The van der Waals surface area contributed by atoms with Gasteiger partial charge >= 0.3 is 5.47 Å². The summed E-state index contributed by atoms with van der Waals surface area (Å²) in [6, 6.07) is 5.83. The Bertz CT molecular complexity index is 493. The maximum absolute atomic E-state index is 10.5. The van der Waals surface area contributed by atoms with Gasteiger partial charge < -0.3 is 0 Å². The van der Waals surface area contributed by atoms with Crippen molar-refractivity contribution in [3.05, 3.63) is 39.9 Å². The van der Waals surface area contributed by atoms with E-state index in [1.165, 1.54) is 12.1 Å². The maximum atomic E-state index is 10.5. The minimum absolute atomic E-state index is 0.0132. The third-order valence-electron chi connectivity index (χ3n) is 2.15. The Morgan fingerprint density at radius 2 is 1.75 bits per heavy atom. The van der Waals surface area contributed by atoms with E-state index in [-0.39, 0.29) is 12.1 Å². The number of nitro groups is 1. The van der Waals surface area contributed by atoms with Crippen LogP contribution < -0.4 is 0 Å². The van der Waals surface area contributed by atoms with Crippen LogP contribution in [0.2, 0.25) is 0 Å². The lowest BCUT2D eigenvalue weighted by Crippen LogP contribution is -2.00. The molecule has 5 nitrogen and oxygen atoms in total. The summed E-state index contributed by atoms with van der Waals surface area (Å²) in [5, 5.41) is 13.7. The van der Waals surface area contributed by atoms with Gasteiger partial charge in [-0.25, -0.2) is 0 Å². The predicted molar refractivity (Wildman–Crippen MR) is 85.3 cm³/mol. The predicted octanol–water partition coefficient (Wildman–Crippen LogP) is 6.68. The first-order valence-corrected chi connectivity index (χ1v) is 10.4. The quantitative estimate of drug-likeness (QED) is 0.134. The summed E-state index contributed by atoms with van der Waals surface area (Å²) in [6.07, 6.45) is 0.245. The number of benzene rings is 1. The maximum Gasteiger partial charge on any atom is 0.444 e. The molecule has 0 heterocycles. The summed E-state index contributed by atoms with van der Waals surface area (Å²) in [4.78, 5) is 13.5. The standard InChI is InChI=1S/C9H8Cl5N3O2P/c10-8(5-9(11)15-16-20(12,13)14)6-1-3-7(4-2-6)17(18)19/h1-4,8-9H,5H2/q+1. The highest BCUT2D eigenvalue weighted by atomic mass is 36.1. The van der Waals surface area contributed by atoms with Gasteiger partial charge in [-0.2, -0.15) is 0 Å². The Kier molecular flexibility index (Phi) is 7.19. The zero-order chi connectivity index (χ0) is 15.3. The van der Waals surface area contributed by atoms with Gasteiger partial charge in [-0.05, 0) is 5.56 Å². The van der Waals surface area contributed by atoms with Crippen molar-refractivity contribution in [3.63, 3.8) is 0 Å². The van der Waals surface area contributed by atoms with E-state index in [4.69, 9.17) is 56.9 Å². The van der Waals surface area contributed by atoms with Crippen molar-refractivity contribution < 1.29 is 4.92 Å². The van der Waals surface area contributed by atoms with E-state index in [2.05, 4.69) is 10.00 Å². The number of hydrogen-bond donors (Lipinski definition) is 0. The number of alkyl halides is 2. The smallest absolute Gasteiger partial charge is 0.258 e. The summed E-state index contributed by atoms with van der Waals surface area (Å²) in [5.41, 5.74) is -3.01. The van der Waals surface area contributed by atoms with E-state index < -0.39 is 21.3 Å². The Morgan fingerprint density at radius 3 is 2.20 bits per heavy atom. The van der Waals surface area contributed by atoms with Crippen LogP contribution in [-0.2, 0) is 0 Å². The molecule has 0 fully saturated rings. The van der Waals surface area contributed by atoms with Gasteiger partial charge in [0.05, 0.1) is 10.3 Å². The molecule has 0 aliphatic carbocycles. The molecular weight excluding hydrogens is 390 g/mol. The lowest BCUT2D eigenvalue weighted by Gasteiger charge is -2.10. The highest BCUT2D eigenvalue weighted by Gasteiger charge is 2.34. The van der Waals surface area contributed by atoms with Gasteiger partial charge in [0, 0.05) is 23.4 Å².